The van der Waals surface area contributed by atoms with Gasteiger partial charge < -0.3 is 5.32 Å². The predicted octanol–water partition coefficient (Wildman–Crippen LogP) is 3.02. The maximum atomic E-state index is 12.2. The highest BCUT2D eigenvalue weighted by Crippen LogP contribution is 2.12. The SMILES string of the molecule is CCCCCC(C)NCCn1cnc2ccsc2c1=O. The topological polar surface area (TPSA) is 46.9 Å². The molecule has 0 aliphatic carbocycles. The Kier molecular flexibility index (Phi) is 5.73. The van der Waals surface area contributed by atoms with Crippen LogP contribution >= 0.6 is 11.3 Å². The normalized spacial score (nSPS) is 12.9. The van der Waals surface area contributed by atoms with Crippen molar-refractivity contribution in [2.45, 2.75) is 52.1 Å². The molecule has 0 aliphatic heterocycles. The summed E-state index contributed by atoms with van der Waals surface area (Å²) >= 11 is 1.47. The van der Waals surface area contributed by atoms with Crippen molar-refractivity contribution in [3.63, 3.8) is 0 Å². The number of thiophene rings is 1. The molecule has 0 bridgehead atoms. The molecule has 2 rings (SSSR count). The summed E-state index contributed by atoms with van der Waals surface area (Å²) in [5.74, 6) is 0. The van der Waals surface area contributed by atoms with Crippen molar-refractivity contribution in [1.82, 2.24) is 14.9 Å². The van der Waals surface area contributed by atoms with Crippen molar-refractivity contribution < 1.29 is 0 Å². The van der Waals surface area contributed by atoms with Gasteiger partial charge in [0.1, 0.15) is 4.70 Å². The summed E-state index contributed by atoms with van der Waals surface area (Å²) in [5.41, 5.74) is 0.877. The van der Waals surface area contributed by atoms with Crippen LogP contribution in [0.5, 0.6) is 0 Å². The molecule has 2 aromatic rings. The number of rotatable bonds is 8. The van der Waals surface area contributed by atoms with E-state index in [1.165, 1.54) is 37.0 Å². The van der Waals surface area contributed by atoms with Crippen LogP contribution in [-0.4, -0.2) is 22.1 Å². The van der Waals surface area contributed by atoms with Crippen molar-refractivity contribution in [2.75, 3.05) is 6.54 Å². The van der Waals surface area contributed by atoms with Gasteiger partial charge in [-0.1, -0.05) is 26.2 Å². The minimum atomic E-state index is 0.0745. The van der Waals surface area contributed by atoms with Gasteiger partial charge in [-0.05, 0) is 24.8 Å². The van der Waals surface area contributed by atoms with E-state index >= 15 is 0 Å². The third-order valence-corrected chi connectivity index (χ3v) is 4.41. The van der Waals surface area contributed by atoms with Crippen LogP contribution in [0.1, 0.15) is 39.5 Å². The Labute approximate surface area is 123 Å². The Hall–Kier alpha value is -1.20. The molecule has 5 heteroatoms. The second-order valence-corrected chi connectivity index (χ2v) is 6.15. The first-order valence-electron chi connectivity index (χ1n) is 7.38. The van der Waals surface area contributed by atoms with Crippen LogP contribution in [0.4, 0.5) is 0 Å². The van der Waals surface area contributed by atoms with Crippen LogP contribution in [0.3, 0.4) is 0 Å². The van der Waals surface area contributed by atoms with Crippen LogP contribution in [0.25, 0.3) is 10.2 Å². The van der Waals surface area contributed by atoms with Crippen LogP contribution < -0.4 is 10.9 Å². The fourth-order valence-corrected chi connectivity index (χ4v) is 3.06. The summed E-state index contributed by atoms with van der Waals surface area (Å²) in [6, 6.07) is 2.40. The van der Waals surface area contributed by atoms with E-state index in [1.807, 2.05) is 11.4 Å². The van der Waals surface area contributed by atoms with Crippen molar-refractivity contribution in [3.05, 3.63) is 28.1 Å². The van der Waals surface area contributed by atoms with Gasteiger partial charge in [0.25, 0.3) is 5.56 Å². The Morgan fingerprint density at radius 2 is 2.30 bits per heavy atom. The molecule has 2 heterocycles. The van der Waals surface area contributed by atoms with E-state index in [-0.39, 0.29) is 5.56 Å². The fraction of sp³-hybridized carbons (Fsp3) is 0.600. The quantitative estimate of drug-likeness (QED) is 0.761. The van der Waals surface area contributed by atoms with E-state index in [0.29, 0.717) is 12.6 Å². The predicted molar refractivity (Wildman–Crippen MR) is 85.5 cm³/mol. The van der Waals surface area contributed by atoms with Gasteiger partial charge in [-0.15, -0.1) is 11.3 Å². The van der Waals surface area contributed by atoms with Crippen LogP contribution in [-0.2, 0) is 6.54 Å². The Balaban J connectivity index is 1.83. The lowest BCUT2D eigenvalue weighted by Crippen LogP contribution is -2.32. The highest BCUT2D eigenvalue weighted by Gasteiger charge is 2.05. The lowest BCUT2D eigenvalue weighted by molar-refractivity contribution is 0.467. The molecule has 4 nitrogen and oxygen atoms in total. The van der Waals surface area contributed by atoms with E-state index in [9.17, 15) is 4.79 Å². The molecule has 0 spiro atoms. The zero-order valence-electron chi connectivity index (χ0n) is 12.3. The molecule has 1 atom stereocenters. The number of hydrogen-bond acceptors (Lipinski definition) is 4. The molecule has 0 aliphatic rings. The molecule has 1 unspecified atom stereocenters. The van der Waals surface area contributed by atoms with Crippen molar-refractivity contribution >= 4 is 21.6 Å². The molecule has 0 fully saturated rings. The average molecular weight is 293 g/mol. The van der Waals surface area contributed by atoms with Crippen LogP contribution in [0.2, 0.25) is 0 Å². The number of nitrogens with zero attached hydrogens (tertiary/aromatic N) is 2. The summed E-state index contributed by atoms with van der Waals surface area (Å²) in [7, 11) is 0. The highest BCUT2D eigenvalue weighted by atomic mass is 32.1. The first-order chi connectivity index (χ1) is 9.72. The molecule has 0 aromatic carbocycles. The van der Waals surface area contributed by atoms with E-state index in [1.54, 1.807) is 10.9 Å². The van der Waals surface area contributed by atoms with E-state index < -0.39 is 0 Å². The van der Waals surface area contributed by atoms with Crippen molar-refractivity contribution in [2.24, 2.45) is 0 Å². The lowest BCUT2D eigenvalue weighted by Gasteiger charge is -2.14. The summed E-state index contributed by atoms with van der Waals surface area (Å²) in [6.45, 7) is 5.92. The van der Waals surface area contributed by atoms with Gasteiger partial charge in [-0.25, -0.2) is 4.98 Å². The summed E-state index contributed by atoms with van der Waals surface area (Å²) < 4.78 is 2.45. The zero-order chi connectivity index (χ0) is 14.4. The molecule has 20 heavy (non-hydrogen) atoms. The number of hydrogen-bond donors (Lipinski definition) is 1. The highest BCUT2D eigenvalue weighted by molar-refractivity contribution is 7.17. The standard InChI is InChI=1S/C15H23N3OS/c1-3-4-5-6-12(2)16-8-9-18-11-17-13-7-10-20-14(13)15(18)19/h7,10-12,16H,3-6,8-9H2,1-2H3. The van der Waals surface area contributed by atoms with Gasteiger partial charge in [-0.3, -0.25) is 9.36 Å². The van der Waals surface area contributed by atoms with Crippen molar-refractivity contribution in [1.29, 1.82) is 0 Å². The van der Waals surface area contributed by atoms with Gasteiger partial charge in [-0.2, -0.15) is 0 Å². The molecule has 110 valence electrons. The summed E-state index contributed by atoms with van der Waals surface area (Å²) in [6.07, 6.45) is 6.68. The van der Waals surface area contributed by atoms with E-state index in [2.05, 4.69) is 24.1 Å². The maximum Gasteiger partial charge on any atom is 0.271 e. The van der Waals surface area contributed by atoms with E-state index in [0.717, 1.165) is 16.8 Å². The van der Waals surface area contributed by atoms with E-state index in [4.69, 9.17) is 0 Å². The maximum absolute atomic E-state index is 12.2. The summed E-state index contributed by atoms with van der Waals surface area (Å²) in [5, 5.41) is 5.39. The average Bonchev–Trinajstić information content (AvgIpc) is 2.91. The minimum Gasteiger partial charge on any atom is -0.312 e. The van der Waals surface area contributed by atoms with Gasteiger partial charge >= 0.3 is 0 Å². The Morgan fingerprint density at radius 3 is 3.10 bits per heavy atom. The Morgan fingerprint density at radius 1 is 1.45 bits per heavy atom. The second-order valence-electron chi connectivity index (χ2n) is 5.23. The third-order valence-electron chi connectivity index (χ3n) is 3.52. The molecule has 0 amide bonds. The molecule has 1 N–H and O–H groups in total. The van der Waals surface area contributed by atoms with Gasteiger partial charge in [0.05, 0.1) is 11.8 Å². The monoisotopic (exact) mass is 293 g/mol. The van der Waals surface area contributed by atoms with Gasteiger partial charge in [0.2, 0.25) is 0 Å². The third kappa shape index (κ3) is 3.90. The second kappa shape index (κ2) is 7.55. The fourth-order valence-electron chi connectivity index (χ4n) is 2.27. The molecule has 0 radical (unpaired) electrons. The molecular formula is C15H23N3OS. The minimum absolute atomic E-state index is 0.0745. The number of aromatic nitrogens is 2. The summed E-state index contributed by atoms with van der Waals surface area (Å²) in [4.78, 5) is 16.5. The van der Waals surface area contributed by atoms with Crippen LogP contribution in [0, 0.1) is 0 Å². The number of unbranched alkanes of at least 4 members (excludes halogenated alkanes) is 2. The number of fused-ring (bicyclic) bond motifs is 1. The van der Waals surface area contributed by atoms with Gasteiger partial charge in [0.15, 0.2) is 0 Å². The molecule has 0 saturated carbocycles. The lowest BCUT2D eigenvalue weighted by atomic mass is 10.1. The van der Waals surface area contributed by atoms with Gasteiger partial charge in [0, 0.05) is 19.1 Å². The number of nitrogens with one attached hydrogen (secondary N) is 1. The van der Waals surface area contributed by atoms with Crippen LogP contribution in [0.15, 0.2) is 22.6 Å². The zero-order valence-corrected chi connectivity index (χ0v) is 13.1. The molecule has 0 saturated heterocycles. The van der Waals surface area contributed by atoms with Crippen molar-refractivity contribution in [3.8, 4) is 0 Å². The largest absolute Gasteiger partial charge is 0.312 e. The molecular weight excluding hydrogens is 270 g/mol. The first kappa shape index (κ1) is 15.2. The first-order valence-corrected chi connectivity index (χ1v) is 8.26. The Bertz CT molecular complexity index is 590. The smallest absolute Gasteiger partial charge is 0.271 e. The molecule has 2 aromatic heterocycles.